The minimum Gasteiger partial charge on any atom is -0.387 e. The molecule has 5 heteroatoms. The summed E-state index contributed by atoms with van der Waals surface area (Å²) in [6, 6.07) is 7.58. The highest BCUT2D eigenvalue weighted by molar-refractivity contribution is 5.99. The van der Waals surface area contributed by atoms with E-state index in [1.807, 2.05) is 25.1 Å². The van der Waals surface area contributed by atoms with Crippen molar-refractivity contribution >= 4 is 11.6 Å². The number of aromatic nitrogens is 2. The Morgan fingerprint density at radius 1 is 1.35 bits per heavy atom. The Morgan fingerprint density at radius 2 is 2.15 bits per heavy atom. The molecule has 2 heterocycles. The molecule has 1 N–H and O–H groups in total. The highest BCUT2D eigenvalue weighted by Crippen LogP contribution is 2.15. The Hall–Kier alpha value is -2.43. The number of aryl methyl sites for hydroxylation is 1. The summed E-state index contributed by atoms with van der Waals surface area (Å²) < 4.78 is 0. The second kappa shape index (κ2) is 6.14. The normalized spacial score (nSPS) is 10.2. The second-order valence-electron chi connectivity index (χ2n) is 4.60. The third-order valence-electron chi connectivity index (χ3n) is 3.01. The predicted octanol–water partition coefficient (Wildman–Crippen LogP) is 2.10. The van der Waals surface area contributed by atoms with Gasteiger partial charge in [0.2, 0.25) is 0 Å². The van der Waals surface area contributed by atoms with Crippen LogP contribution >= 0.6 is 0 Å². The van der Waals surface area contributed by atoms with E-state index >= 15 is 0 Å². The lowest BCUT2D eigenvalue weighted by Gasteiger charge is -2.18. The smallest absolute Gasteiger partial charge is 0.257 e. The van der Waals surface area contributed by atoms with Gasteiger partial charge in [-0.3, -0.25) is 14.8 Å². The number of nitrogens with zero attached hydrogens (tertiary/aromatic N) is 3. The Kier molecular flexibility index (Phi) is 4.30. The summed E-state index contributed by atoms with van der Waals surface area (Å²) in [6.45, 7) is 2.41. The zero-order chi connectivity index (χ0) is 14.5. The van der Waals surface area contributed by atoms with Crippen LogP contribution in [0.25, 0.3) is 0 Å². The van der Waals surface area contributed by atoms with Gasteiger partial charge in [-0.15, -0.1) is 0 Å². The van der Waals surface area contributed by atoms with Crippen molar-refractivity contribution in [1.29, 1.82) is 0 Å². The monoisotopic (exact) mass is 270 g/mol. The maximum atomic E-state index is 12.4. The van der Waals surface area contributed by atoms with Crippen molar-refractivity contribution in [3.63, 3.8) is 0 Å². The lowest BCUT2D eigenvalue weighted by atomic mass is 10.2. The fourth-order valence-electron chi connectivity index (χ4n) is 1.99. The molecule has 104 valence electrons. The SMILES string of the molecule is CNc1ccncc1C(=O)N(C)Cc1cccc(C)n1. The fourth-order valence-corrected chi connectivity index (χ4v) is 1.99. The van der Waals surface area contributed by atoms with Crippen LogP contribution < -0.4 is 5.32 Å². The number of carbonyl (C=O) groups excluding carboxylic acids is 1. The Balaban J connectivity index is 2.16. The van der Waals surface area contributed by atoms with Gasteiger partial charge in [-0.25, -0.2) is 0 Å². The zero-order valence-electron chi connectivity index (χ0n) is 11.9. The van der Waals surface area contributed by atoms with E-state index in [0.717, 1.165) is 17.1 Å². The van der Waals surface area contributed by atoms with E-state index in [4.69, 9.17) is 0 Å². The summed E-state index contributed by atoms with van der Waals surface area (Å²) in [7, 11) is 3.55. The topological polar surface area (TPSA) is 58.1 Å². The summed E-state index contributed by atoms with van der Waals surface area (Å²) in [4.78, 5) is 22.5. The molecule has 1 amide bonds. The first-order valence-corrected chi connectivity index (χ1v) is 6.41. The van der Waals surface area contributed by atoms with Crippen LogP contribution in [-0.2, 0) is 6.54 Å². The second-order valence-corrected chi connectivity index (χ2v) is 4.60. The highest BCUT2D eigenvalue weighted by Gasteiger charge is 2.16. The van der Waals surface area contributed by atoms with E-state index < -0.39 is 0 Å². The van der Waals surface area contributed by atoms with E-state index in [9.17, 15) is 4.79 Å². The molecule has 2 aromatic rings. The minimum atomic E-state index is -0.0780. The van der Waals surface area contributed by atoms with Crippen LogP contribution in [0.1, 0.15) is 21.7 Å². The van der Waals surface area contributed by atoms with Gasteiger partial charge < -0.3 is 10.2 Å². The van der Waals surface area contributed by atoms with E-state index in [0.29, 0.717) is 12.1 Å². The highest BCUT2D eigenvalue weighted by atomic mass is 16.2. The molecule has 0 aliphatic heterocycles. The van der Waals surface area contributed by atoms with Crippen LogP contribution in [0, 0.1) is 6.92 Å². The number of rotatable bonds is 4. The van der Waals surface area contributed by atoms with Crippen LogP contribution in [0.4, 0.5) is 5.69 Å². The number of pyridine rings is 2. The average Bonchev–Trinajstić information content (AvgIpc) is 2.46. The quantitative estimate of drug-likeness (QED) is 0.924. The number of hydrogen-bond acceptors (Lipinski definition) is 4. The first-order valence-electron chi connectivity index (χ1n) is 6.41. The molecule has 0 aromatic carbocycles. The Labute approximate surface area is 118 Å². The molecule has 0 aliphatic rings. The maximum Gasteiger partial charge on any atom is 0.257 e. The van der Waals surface area contributed by atoms with Gasteiger partial charge in [0.15, 0.2) is 0 Å². The third-order valence-corrected chi connectivity index (χ3v) is 3.01. The van der Waals surface area contributed by atoms with Gasteiger partial charge in [0.05, 0.1) is 17.8 Å². The molecule has 0 radical (unpaired) electrons. The van der Waals surface area contributed by atoms with E-state index in [-0.39, 0.29) is 5.91 Å². The van der Waals surface area contributed by atoms with Crippen molar-refractivity contribution in [3.05, 3.63) is 53.6 Å². The number of amides is 1. The van der Waals surface area contributed by atoms with Crippen molar-refractivity contribution < 1.29 is 4.79 Å². The standard InChI is InChI=1S/C15H18N4O/c1-11-5-4-6-12(18-11)10-19(3)15(20)13-9-17-8-7-14(13)16-2/h4-9H,10H2,1-3H3,(H,16,17). The summed E-state index contributed by atoms with van der Waals surface area (Å²) in [6.07, 6.45) is 3.24. The molecule has 0 aliphatic carbocycles. The average molecular weight is 270 g/mol. The lowest BCUT2D eigenvalue weighted by Crippen LogP contribution is -2.27. The number of anilines is 1. The minimum absolute atomic E-state index is 0.0780. The van der Waals surface area contributed by atoms with Crippen molar-refractivity contribution in [2.45, 2.75) is 13.5 Å². The van der Waals surface area contributed by atoms with Crippen LogP contribution in [0.15, 0.2) is 36.7 Å². The molecule has 0 unspecified atom stereocenters. The van der Waals surface area contributed by atoms with E-state index in [2.05, 4.69) is 15.3 Å². The summed E-state index contributed by atoms with van der Waals surface area (Å²) >= 11 is 0. The van der Waals surface area contributed by atoms with E-state index in [1.165, 1.54) is 0 Å². The van der Waals surface area contributed by atoms with Gasteiger partial charge in [0, 0.05) is 37.9 Å². The molecule has 2 rings (SSSR count). The number of nitrogens with one attached hydrogen (secondary N) is 1. The Morgan fingerprint density at radius 3 is 2.85 bits per heavy atom. The van der Waals surface area contributed by atoms with Crippen LogP contribution in [0.2, 0.25) is 0 Å². The first kappa shape index (κ1) is 14.0. The number of hydrogen-bond donors (Lipinski definition) is 1. The molecule has 5 nitrogen and oxygen atoms in total. The summed E-state index contributed by atoms with van der Waals surface area (Å²) in [5.41, 5.74) is 3.15. The van der Waals surface area contributed by atoms with Crippen molar-refractivity contribution in [1.82, 2.24) is 14.9 Å². The van der Waals surface area contributed by atoms with Gasteiger partial charge in [0.25, 0.3) is 5.91 Å². The third kappa shape index (κ3) is 3.12. The first-order chi connectivity index (χ1) is 9.61. The van der Waals surface area contributed by atoms with Crippen molar-refractivity contribution in [2.75, 3.05) is 19.4 Å². The Bertz CT molecular complexity index is 612. The van der Waals surface area contributed by atoms with E-state index in [1.54, 1.807) is 37.5 Å². The van der Waals surface area contributed by atoms with Crippen molar-refractivity contribution in [3.8, 4) is 0 Å². The molecular weight excluding hydrogens is 252 g/mol. The lowest BCUT2D eigenvalue weighted by molar-refractivity contribution is 0.0784. The maximum absolute atomic E-state index is 12.4. The van der Waals surface area contributed by atoms with Crippen LogP contribution in [-0.4, -0.2) is 34.9 Å². The fraction of sp³-hybridized carbons (Fsp3) is 0.267. The molecule has 0 bridgehead atoms. The molecule has 20 heavy (non-hydrogen) atoms. The molecule has 0 atom stereocenters. The van der Waals surface area contributed by atoms with Crippen molar-refractivity contribution in [2.24, 2.45) is 0 Å². The van der Waals surface area contributed by atoms with Crippen LogP contribution in [0.5, 0.6) is 0 Å². The predicted molar refractivity (Wildman–Crippen MR) is 78.6 cm³/mol. The molecule has 0 fully saturated rings. The van der Waals surface area contributed by atoms with Gasteiger partial charge in [0.1, 0.15) is 0 Å². The molecule has 2 aromatic heterocycles. The summed E-state index contributed by atoms with van der Waals surface area (Å²) in [5.74, 6) is -0.0780. The molecule has 0 saturated heterocycles. The van der Waals surface area contributed by atoms with Gasteiger partial charge in [-0.1, -0.05) is 6.07 Å². The van der Waals surface area contributed by atoms with Crippen LogP contribution in [0.3, 0.4) is 0 Å². The molecular formula is C15H18N4O. The van der Waals surface area contributed by atoms with Gasteiger partial charge >= 0.3 is 0 Å². The largest absolute Gasteiger partial charge is 0.387 e. The van der Waals surface area contributed by atoms with Gasteiger partial charge in [-0.05, 0) is 25.1 Å². The van der Waals surface area contributed by atoms with Gasteiger partial charge in [-0.2, -0.15) is 0 Å². The molecule has 0 saturated carbocycles. The summed E-state index contributed by atoms with van der Waals surface area (Å²) in [5, 5.41) is 3.00. The zero-order valence-corrected chi connectivity index (χ0v) is 11.9. The number of carbonyl (C=O) groups is 1. The molecule has 0 spiro atoms.